The van der Waals surface area contributed by atoms with E-state index in [2.05, 4.69) is 24.1 Å². The maximum atomic E-state index is 13.5. The molecule has 180 valence electrons. The zero-order valence-electron chi connectivity index (χ0n) is 19.9. The van der Waals surface area contributed by atoms with Gasteiger partial charge in [0.05, 0.1) is 19.1 Å². The highest BCUT2D eigenvalue weighted by Gasteiger charge is 2.42. The van der Waals surface area contributed by atoms with Crippen LogP contribution in [0.5, 0.6) is 11.5 Å². The minimum Gasteiger partial charge on any atom is -0.497 e. The molecular weight excluding hydrogens is 450 g/mol. The van der Waals surface area contributed by atoms with Crippen LogP contribution in [0.1, 0.15) is 38.3 Å². The second kappa shape index (κ2) is 8.23. The number of nitrogens with one attached hydrogen (secondary N) is 1. The Morgan fingerprint density at radius 1 is 1.14 bits per heavy atom. The fourth-order valence-electron chi connectivity index (χ4n) is 4.82. The Kier molecular flexibility index (Phi) is 5.31. The van der Waals surface area contributed by atoms with Crippen LogP contribution in [0.2, 0.25) is 0 Å². The van der Waals surface area contributed by atoms with Gasteiger partial charge in [0, 0.05) is 47.0 Å². The van der Waals surface area contributed by atoms with Crippen LogP contribution in [0, 0.1) is 15.5 Å². The van der Waals surface area contributed by atoms with Crippen molar-refractivity contribution < 1.29 is 19.2 Å². The van der Waals surface area contributed by atoms with Crippen molar-refractivity contribution in [3.05, 3.63) is 69.4 Å². The third kappa shape index (κ3) is 3.90. The lowest BCUT2D eigenvalue weighted by molar-refractivity contribution is -0.384. The van der Waals surface area contributed by atoms with Gasteiger partial charge < -0.3 is 14.8 Å². The van der Waals surface area contributed by atoms with Gasteiger partial charge in [-0.05, 0) is 24.0 Å². The second-order valence-electron chi connectivity index (χ2n) is 9.48. The summed E-state index contributed by atoms with van der Waals surface area (Å²) < 4.78 is 12.7. The SMILES string of the molecule is COc1ccc(C2C3=C(CC(C)(C)CC3=O)Nc3nc(-c4cccc([N+](=O)[O-])c4)nn32)c(OC)c1. The average Bonchev–Trinajstić information content (AvgIpc) is 3.25. The van der Waals surface area contributed by atoms with Crippen molar-refractivity contribution in [1.82, 2.24) is 14.8 Å². The number of nitro benzene ring substituents is 1. The van der Waals surface area contributed by atoms with E-state index in [0.29, 0.717) is 47.2 Å². The van der Waals surface area contributed by atoms with E-state index >= 15 is 0 Å². The third-order valence-electron chi connectivity index (χ3n) is 6.38. The number of benzene rings is 2. The molecule has 35 heavy (non-hydrogen) atoms. The summed E-state index contributed by atoms with van der Waals surface area (Å²) in [5.41, 5.74) is 2.42. The number of hydrogen-bond acceptors (Lipinski definition) is 8. The summed E-state index contributed by atoms with van der Waals surface area (Å²) in [6.07, 6.45) is 1.08. The standard InChI is InChI=1S/C25H25N5O5/c1-25(2)12-18-21(19(31)13-25)22(17-9-8-16(34-3)11-20(17)35-4)29-24(26-18)27-23(28-29)14-6-5-7-15(10-14)30(32)33/h5-11,22H,12-13H2,1-4H3,(H,26,27,28). The average molecular weight is 476 g/mol. The Balaban J connectivity index is 1.70. The lowest BCUT2D eigenvalue weighted by atomic mass is 9.73. The van der Waals surface area contributed by atoms with Gasteiger partial charge in [0.1, 0.15) is 17.5 Å². The van der Waals surface area contributed by atoms with Crippen molar-refractivity contribution in [1.29, 1.82) is 0 Å². The summed E-state index contributed by atoms with van der Waals surface area (Å²) in [7, 11) is 3.14. The number of methoxy groups -OCH3 is 2. The van der Waals surface area contributed by atoms with Gasteiger partial charge in [-0.1, -0.05) is 26.0 Å². The number of fused-ring (bicyclic) bond motifs is 1. The molecule has 1 N–H and O–H groups in total. The molecule has 10 nitrogen and oxygen atoms in total. The molecule has 2 aromatic carbocycles. The van der Waals surface area contributed by atoms with Crippen LogP contribution in [0.15, 0.2) is 53.7 Å². The summed E-state index contributed by atoms with van der Waals surface area (Å²) in [5.74, 6) is 1.99. The van der Waals surface area contributed by atoms with Gasteiger partial charge in [-0.25, -0.2) is 4.68 Å². The largest absolute Gasteiger partial charge is 0.497 e. The van der Waals surface area contributed by atoms with E-state index in [1.165, 1.54) is 12.1 Å². The van der Waals surface area contributed by atoms with Crippen LogP contribution in [-0.2, 0) is 4.79 Å². The number of non-ortho nitro benzene ring substituents is 1. The third-order valence-corrected chi connectivity index (χ3v) is 6.38. The Morgan fingerprint density at radius 3 is 2.66 bits per heavy atom. The molecule has 0 fully saturated rings. The summed E-state index contributed by atoms with van der Waals surface area (Å²) in [4.78, 5) is 28.9. The molecule has 0 saturated carbocycles. The van der Waals surface area contributed by atoms with E-state index in [1.807, 2.05) is 12.1 Å². The van der Waals surface area contributed by atoms with Gasteiger partial charge >= 0.3 is 0 Å². The molecule has 0 spiro atoms. The molecular formula is C25H25N5O5. The van der Waals surface area contributed by atoms with Crippen LogP contribution >= 0.6 is 0 Å². The zero-order chi connectivity index (χ0) is 24.9. The van der Waals surface area contributed by atoms with E-state index in [0.717, 1.165) is 11.3 Å². The van der Waals surface area contributed by atoms with Crippen LogP contribution in [0.4, 0.5) is 11.6 Å². The first-order valence-corrected chi connectivity index (χ1v) is 11.2. The number of nitro groups is 1. The van der Waals surface area contributed by atoms with Crippen molar-refractivity contribution in [2.24, 2.45) is 5.41 Å². The molecule has 0 radical (unpaired) electrons. The first-order chi connectivity index (χ1) is 16.7. The lowest BCUT2D eigenvalue weighted by Crippen LogP contribution is -2.36. The maximum Gasteiger partial charge on any atom is 0.270 e. The maximum absolute atomic E-state index is 13.5. The minimum absolute atomic E-state index is 0.0321. The fraction of sp³-hybridized carbons (Fsp3) is 0.320. The van der Waals surface area contributed by atoms with Crippen LogP contribution < -0.4 is 14.8 Å². The van der Waals surface area contributed by atoms with E-state index < -0.39 is 11.0 Å². The molecule has 3 aromatic rings. The van der Waals surface area contributed by atoms with Crippen molar-refractivity contribution >= 4 is 17.4 Å². The quantitative estimate of drug-likeness (QED) is 0.422. The molecule has 1 aliphatic heterocycles. The number of hydrogen-bond donors (Lipinski definition) is 1. The number of ether oxygens (including phenoxy) is 2. The Labute approximate surface area is 201 Å². The zero-order valence-corrected chi connectivity index (χ0v) is 19.9. The first kappa shape index (κ1) is 22.6. The van der Waals surface area contributed by atoms with Gasteiger partial charge in [0.15, 0.2) is 11.6 Å². The summed E-state index contributed by atoms with van der Waals surface area (Å²) >= 11 is 0. The molecule has 1 atom stereocenters. The van der Waals surface area contributed by atoms with Gasteiger partial charge in [-0.2, -0.15) is 4.98 Å². The minimum atomic E-state index is -0.578. The van der Waals surface area contributed by atoms with E-state index in [4.69, 9.17) is 14.6 Å². The Morgan fingerprint density at radius 2 is 1.94 bits per heavy atom. The fourth-order valence-corrected chi connectivity index (χ4v) is 4.82. The molecule has 0 bridgehead atoms. The van der Waals surface area contributed by atoms with Crippen molar-refractivity contribution in [2.75, 3.05) is 19.5 Å². The predicted molar refractivity (Wildman–Crippen MR) is 128 cm³/mol. The molecule has 1 aliphatic carbocycles. The predicted octanol–water partition coefficient (Wildman–Crippen LogP) is 4.53. The van der Waals surface area contributed by atoms with E-state index in [-0.39, 0.29) is 16.9 Å². The summed E-state index contributed by atoms with van der Waals surface area (Å²) in [5, 5.41) is 19.3. The van der Waals surface area contributed by atoms with Gasteiger partial charge in [0.25, 0.3) is 5.69 Å². The van der Waals surface area contributed by atoms with Crippen molar-refractivity contribution in [2.45, 2.75) is 32.7 Å². The van der Waals surface area contributed by atoms with E-state index in [1.54, 1.807) is 37.1 Å². The summed E-state index contributed by atoms with van der Waals surface area (Å²) in [6.45, 7) is 4.13. The van der Waals surface area contributed by atoms with E-state index in [9.17, 15) is 14.9 Å². The highest BCUT2D eigenvalue weighted by atomic mass is 16.6. The highest BCUT2D eigenvalue weighted by molar-refractivity contribution is 6.00. The number of carbonyl (C=O) groups excluding carboxylic acids is 1. The van der Waals surface area contributed by atoms with Crippen LogP contribution in [-0.4, -0.2) is 39.7 Å². The number of nitrogens with zero attached hydrogens (tertiary/aromatic N) is 4. The van der Waals surface area contributed by atoms with Gasteiger partial charge in [-0.3, -0.25) is 14.9 Å². The summed E-state index contributed by atoms with van der Waals surface area (Å²) in [6, 6.07) is 11.0. The number of rotatable bonds is 5. The second-order valence-corrected chi connectivity index (χ2v) is 9.48. The normalized spacial score (nSPS) is 18.4. The number of Topliss-reactive ketones (excluding diaryl/α,β-unsaturated/α-hetero) is 1. The number of ketones is 1. The molecule has 2 aliphatic rings. The van der Waals surface area contributed by atoms with Crippen LogP contribution in [0.25, 0.3) is 11.4 Å². The molecule has 1 unspecified atom stereocenters. The van der Waals surface area contributed by atoms with Gasteiger partial charge in [0.2, 0.25) is 5.95 Å². The molecule has 5 rings (SSSR count). The monoisotopic (exact) mass is 475 g/mol. The number of aromatic nitrogens is 3. The van der Waals surface area contributed by atoms with Crippen LogP contribution in [0.3, 0.4) is 0 Å². The highest BCUT2D eigenvalue weighted by Crippen LogP contribution is 2.47. The Bertz CT molecular complexity index is 1390. The van der Waals surface area contributed by atoms with Gasteiger partial charge in [-0.15, -0.1) is 5.10 Å². The molecule has 1 aromatic heterocycles. The molecule has 0 saturated heterocycles. The van der Waals surface area contributed by atoms with Crippen molar-refractivity contribution in [3.63, 3.8) is 0 Å². The number of allylic oxidation sites excluding steroid dienone is 2. The molecule has 2 heterocycles. The topological polar surface area (TPSA) is 121 Å². The van der Waals surface area contributed by atoms with Crippen molar-refractivity contribution in [3.8, 4) is 22.9 Å². The number of carbonyl (C=O) groups is 1. The lowest BCUT2D eigenvalue weighted by Gasteiger charge is -2.38. The molecule has 10 heteroatoms. The molecule has 0 amide bonds. The number of anilines is 1. The Hall–Kier alpha value is -4.21. The smallest absolute Gasteiger partial charge is 0.270 e. The first-order valence-electron chi connectivity index (χ1n) is 11.2.